The monoisotopic (exact) mass is 426 g/mol. The normalized spacial score (nSPS) is 46.3. The number of rotatable bonds is 4. The molecule has 168 valence electrons. The largest absolute Gasteiger partial charge is 0.462 e. The summed E-state index contributed by atoms with van der Waals surface area (Å²) in [6.45, 7) is 10.2. The van der Waals surface area contributed by atoms with Crippen LogP contribution in [0.4, 0.5) is 0 Å². The van der Waals surface area contributed by atoms with Crippen LogP contribution in [0, 0.1) is 23.2 Å². The molecule has 5 nitrogen and oxygen atoms in total. The quantitative estimate of drug-likeness (QED) is 0.545. The van der Waals surface area contributed by atoms with E-state index in [0.717, 1.165) is 45.6 Å². The molecule has 31 heavy (non-hydrogen) atoms. The molecule has 6 atom stereocenters. The van der Waals surface area contributed by atoms with Crippen molar-refractivity contribution in [2.45, 2.75) is 57.3 Å². The molecular formula is C26H38N2O3+2. The molecule has 5 aliphatic rings. The minimum atomic E-state index is 0.0922. The summed E-state index contributed by atoms with van der Waals surface area (Å²) < 4.78 is 12.1. The van der Waals surface area contributed by atoms with E-state index in [4.69, 9.17) is 9.47 Å². The van der Waals surface area contributed by atoms with Crippen molar-refractivity contribution in [3.63, 3.8) is 0 Å². The molecule has 0 unspecified atom stereocenters. The van der Waals surface area contributed by atoms with Crippen LogP contribution in [0.15, 0.2) is 30.3 Å². The number of fused-ring (bicyclic) bond motifs is 3. The van der Waals surface area contributed by atoms with Crippen molar-refractivity contribution in [2.24, 2.45) is 23.2 Å². The van der Waals surface area contributed by atoms with Gasteiger partial charge in [0.1, 0.15) is 44.7 Å². The van der Waals surface area contributed by atoms with Crippen molar-refractivity contribution in [1.29, 1.82) is 0 Å². The number of epoxide rings is 1. The van der Waals surface area contributed by atoms with Crippen LogP contribution in [0.3, 0.4) is 0 Å². The Labute approximate surface area is 186 Å². The second kappa shape index (κ2) is 7.57. The average molecular weight is 427 g/mol. The second-order valence-electron chi connectivity index (χ2n) is 11.5. The summed E-state index contributed by atoms with van der Waals surface area (Å²) in [5, 5.41) is 0. The summed E-state index contributed by atoms with van der Waals surface area (Å²) in [6.07, 6.45) is 6.10. The Morgan fingerprint density at radius 1 is 1.06 bits per heavy atom. The predicted octanol–water partition coefficient (Wildman–Crippen LogP) is 0.497. The molecule has 2 aliphatic carbocycles. The highest BCUT2D eigenvalue weighted by molar-refractivity contribution is 5.75. The number of piperazine rings is 1. The lowest BCUT2D eigenvalue weighted by Gasteiger charge is -2.51. The van der Waals surface area contributed by atoms with Crippen LogP contribution in [0.1, 0.15) is 44.6 Å². The first-order valence-electron chi connectivity index (χ1n) is 12.6. The first-order chi connectivity index (χ1) is 15.0. The molecule has 6 rings (SSSR count). The van der Waals surface area contributed by atoms with E-state index in [9.17, 15) is 4.79 Å². The molecule has 0 amide bonds. The molecule has 0 radical (unpaired) electrons. The van der Waals surface area contributed by atoms with Crippen LogP contribution in [0.5, 0.6) is 0 Å². The zero-order chi connectivity index (χ0) is 21.1. The highest BCUT2D eigenvalue weighted by Crippen LogP contribution is 2.62. The fraction of sp³-hybridized carbons (Fsp3) is 0.731. The lowest BCUT2D eigenvalue weighted by molar-refractivity contribution is -1.02. The second-order valence-corrected chi connectivity index (χ2v) is 11.5. The van der Waals surface area contributed by atoms with Crippen molar-refractivity contribution in [3.05, 3.63) is 35.9 Å². The maximum Gasteiger partial charge on any atom is 0.315 e. The number of ether oxygens (including phenoxy) is 2. The van der Waals surface area contributed by atoms with Crippen molar-refractivity contribution in [1.82, 2.24) is 0 Å². The van der Waals surface area contributed by atoms with E-state index in [0.29, 0.717) is 17.3 Å². The van der Waals surface area contributed by atoms with E-state index in [1.165, 1.54) is 37.9 Å². The average Bonchev–Trinajstić information content (AvgIpc) is 3.47. The zero-order valence-electron chi connectivity index (χ0n) is 18.9. The van der Waals surface area contributed by atoms with Gasteiger partial charge in [-0.05, 0) is 43.4 Å². The topological polar surface area (TPSA) is 47.7 Å². The van der Waals surface area contributed by atoms with E-state index >= 15 is 0 Å². The van der Waals surface area contributed by atoms with E-state index in [2.05, 4.69) is 37.3 Å². The van der Waals surface area contributed by atoms with Gasteiger partial charge in [0.15, 0.2) is 0 Å². The molecule has 1 spiro atoms. The molecular weight excluding hydrogens is 388 g/mol. The van der Waals surface area contributed by atoms with Crippen molar-refractivity contribution in [2.75, 3.05) is 39.3 Å². The first kappa shape index (κ1) is 20.2. The van der Waals surface area contributed by atoms with Gasteiger partial charge in [0.2, 0.25) is 0 Å². The Hall–Kier alpha value is -1.43. The van der Waals surface area contributed by atoms with Crippen molar-refractivity contribution >= 4 is 5.97 Å². The van der Waals surface area contributed by atoms with Crippen LogP contribution in [0.25, 0.3) is 0 Å². The lowest BCUT2D eigenvalue weighted by Crippen LogP contribution is -3.27. The molecule has 0 aromatic heterocycles. The van der Waals surface area contributed by atoms with Gasteiger partial charge in [-0.1, -0.05) is 37.3 Å². The maximum atomic E-state index is 12.9. The number of hydrogen-bond donors (Lipinski definition) is 2. The van der Waals surface area contributed by atoms with Gasteiger partial charge in [0.05, 0.1) is 18.8 Å². The molecule has 1 aromatic rings. The number of quaternary nitrogens is 2. The fourth-order valence-electron chi connectivity index (χ4n) is 7.72. The van der Waals surface area contributed by atoms with E-state index in [-0.39, 0.29) is 23.6 Å². The van der Waals surface area contributed by atoms with Gasteiger partial charge in [-0.15, -0.1) is 0 Å². The Morgan fingerprint density at radius 3 is 2.55 bits per heavy atom. The third-order valence-electron chi connectivity index (χ3n) is 9.55. The Morgan fingerprint density at radius 2 is 1.81 bits per heavy atom. The van der Waals surface area contributed by atoms with Crippen LogP contribution in [-0.2, 0) is 20.8 Å². The zero-order valence-corrected chi connectivity index (χ0v) is 18.9. The number of esters is 1. The lowest BCUT2D eigenvalue weighted by atomic mass is 9.53. The number of nitrogens with one attached hydrogen (secondary N) is 2. The van der Waals surface area contributed by atoms with Crippen LogP contribution < -0.4 is 9.80 Å². The number of carbonyl (C=O) groups is 1. The van der Waals surface area contributed by atoms with Gasteiger partial charge in [-0.2, -0.15) is 0 Å². The highest BCUT2D eigenvalue weighted by atomic mass is 16.6. The molecule has 2 saturated carbocycles. The number of benzene rings is 1. The Balaban J connectivity index is 1.08. The summed E-state index contributed by atoms with van der Waals surface area (Å²) >= 11 is 0. The van der Waals surface area contributed by atoms with Gasteiger partial charge in [0, 0.05) is 11.5 Å². The molecule has 3 saturated heterocycles. The Bertz CT molecular complexity index is 817. The highest BCUT2D eigenvalue weighted by Gasteiger charge is 2.65. The molecule has 2 N–H and O–H groups in total. The van der Waals surface area contributed by atoms with Gasteiger partial charge in [-0.25, -0.2) is 0 Å². The molecule has 0 bridgehead atoms. The van der Waals surface area contributed by atoms with Crippen LogP contribution in [0.2, 0.25) is 0 Å². The summed E-state index contributed by atoms with van der Waals surface area (Å²) in [5.41, 5.74) is 1.87. The predicted molar refractivity (Wildman–Crippen MR) is 117 cm³/mol. The van der Waals surface area contributed by atoms with Gasteiger partial charge in [0.25, 0.3) is 0 Å². The number of carbonyl (C=O) groups excluding carboxylic acids is 1. The summed E-state index contributed by atoms with van der Waals surface area (Å²) in [7, 11) is 0. The summed E-state index contributed by atoms with van der Waals surface area (Å²) in [6, 6.07) is 10.8. The third-order valence-corrected chi connectivity index (χ3v) is 9.55. The van der Waals surface area contributed by atoms with Gasteiger partial charge < -0.3 is 19.3 Å². The van der Waals surface area contributed by atoms with E-state index in [1.807, 2.05) is 0 Å². The van der Waals surface area contributed by atoms with Crippen molar-refractivity contribution in [3.8, 4) is 0 Å². The molecule has 1 aromatic carbocycles. The van der Waals surface area contributed by atoms with Gasteiger partial charge >= 0.3 is 5.97 Å². The summed E-state index contributed by atoms with van der Waals surface area (Å²) in [4.78, 5) is 16.2. The smallest absolute Gasteiger partial charge is 0.315 e. The molecule has 3 aliphatic heterocycles. The maximum absolute atomic E-state index is 12.9. The first-order valence-corrected chi connectivity index (χ1v) is 12.6. The van der Waals surface area contributed by atoms with Gasteiger partial charge in [-0.3, -0.25) is 4.79 Å². The molecule has 5 heteroatoms. The molecule has 3 heterocycles. The van der Waals surface area contributed by atoms with E-state index in [1.54, 1.807) is 9.80 Å². The standard InChI is InChI=1S/C26H36N2O3/c1-25-8-5-9-26(18-30-26)23(25)14-20-21(24(29)31-22(20)15-25)17-28-12-10-27(11-13-28)16-19-6-3-2-4-7-19/h2-4,6-7,20-23H,5,8-18H2,1H3/p+2/t20-,21-,22-,23-,25-,26-/m1/s1. The van der Waals surface area contributed by atoms with Crippen molar-refractivity contribution < 1.29 is 24.1 Å². The summed E-state index contributed by atoms with van der Waals surface area (Å²) in [5.74, 6) is 1.22. The van der Waals surface area contributed by atoms with Crippen LogP contribution >= 0.6 is 0 Å². The van der Waals surface area contributed by atoms with Crippen LogP contribution in [-0.4, -0.2) is 57.0 Å². The number of hydrogen-bond acceptors (Lipinski definition) is 3. The fourth-order valence-corrected chi connectivity index (χ4v) is 7.72. The Kier molecular flexibility index (Phi) is 4.93. The SMILES string of the molecule is C[C@]12CCC[C@@]3(CO3)[C@@H]1C[C@H]1[C@@H](C2)OC(=O)[C@@H]1C[NH+]1CC[NH+](Cc2ccccc2)CC1. The third kappa shape index (κ3) is 3.63. The minimum absolute atomic E-state index is 0.0922. The van der Waals surface area contributed by atoms with E-state index < -0.39 is 0 Å². The minimum Gasteiger partial charge on any atom is -0.462 e. The molecule has 5 fully saturated rings.